The third-order valence-corrected chi connectivity index (χ3v) is 3.36. The predicted molar refractivity (Wildman–Crippen MR) is 71.1 cm³/mol. The van der Waals surface area contributed by atoms with Crippen LogP contribution in [-0.4, -0.2) is 24.4 Å². The maximum absolute atomic E-state index is 5.11. The minimum absolute atomic E-state index is 0.531. The molecule has 0 aliphatic rings. The van der Waals surface area contributed by atoms with E-state index in [1.807, 2.05) is 36.4 Å². The fourth-order valence-electron chi connectivity index (χ4n) is 1.37. The van der Waals surface area contributed by atoms with E-state index in [-0.39, 0.29) is 0 Å². The highest BCUT2D eigenvalue weighted by molar-refractivity contribution is 7.98. The second-order valence-electron chi connectivity index (χ2n) is 3.55. The normalized spacial score (nSPS) is 10.1. The monoisotopic (exact) mass is 262 g/mol. The first kappa shape index (κ1) is 12.7. The molecule has 0 aliphatic carbocycles. The number of thioether (sulfide) groups is 1. The molecule has 1 aromatic carbocycles. The van der Waals surface area contributed by atoms with Crippen LogP contribution in [0.15, 0.2) is 41.4 Å². The van der Waals surface area contributed by atoms with Crippen molar-refractivity contribution in [3.8, 4) is 11.6 Å². The van der Waals surface area contributed by atoms with Crippen molar-refractivity contribution in [3.05, 3.63) is 42.0 Å². The lowest BCUT2D eigenvalue weighted by Crippen LogP contribution is -1.91. The molecule has 1 heterocycles. The number of methoxy groups -OCH3 is 2. The van der Waals surface area contributed by atoms with E-state index in [1.54, 1.807) is 26.0 Å². The van der Waals surface area contributed by atoms with Gasteiger partial charge in [-0.2, -0.15) is 0 Å². The molecule has 0 saturated heterocycles. The van der Waals surface area contributed by atoms with E-state index in [4.69, 9.17) is 9.47 Å². The number of rotatable bonds is 5. The van der Waals surface area contributed by atoms with Crippen molar-refractivity contribution < 1.29 is 9.47 Å². The summed E-state index contributed by atoms with van der Waals surface area (Å²) in [4.78, 5) is 0. The Hall–Kier alpha value is -1.75. The zero-order chi connectivity index (χ0) is 12.8. The average Bonchev–Trinajstić information content (AvgIpc) is 2.46. The average molecular weight is 262 g/mol. The highest BCUT2D eigenvalue weighted by Gasteiger charge is 2.00. The van der Waals surface area contributed by atoms with Crippen LogP contribution >= 0.6 is 11.8 Å². The van der Waals surface area contributed by atoms with Gasteiger partial charge in [0.05, 0.1) is 14.2 Å². The molecule has 1 aromatic heterocycles. The molecule has 0 atom stereocenters. The van der Waals surface area contributed by atoms with Gasteiger partial charge in [0.25, 0.3) is 0 Å². The van der Waals surface area contributed by atoms with Gasteiger partial charge < -0.3 is 9.47 Å². The summed E-state index contributed by atoms with van der Waals surface area (Å²) >= 11 is 1.64. The molecule has 2 aromatic rings. The maximum atomic E-state index is 5.11. The standard InChI is InChI=1S/C13H14N2O2S/c1-16-11-5-3-10(4-6-11)9-18-13-8-7-12(17-2)14-15-13/h3-8H,9H2,1-2H3. The van der Waals surface area contributed by atoms with Gasteiger partial charge in [0.1, 0.15) is 10.8 Å². The van der Waals surface area contributed by atoms with Crippen molar-refractivity contribution in [2.75, 3.05) is 14.2 Å². The van der Waals surface area contributed by atoms with E-state index >= 15 is 0 Å². The summed E-state index contributed by atoms with van der Waals surface area (Å²) in [5.74, 6) is 2.25. The van der Waals surface area contributed by atoms with Gasteiger partial charge in [-0.1, -0.05) is 23.9 Å². The first-order valence-corrected chi connectivity index (χ1v) is 6.44. The second-order valence-corrected chi connectivity index (χ2v) is 4.55. The molecule has 0 radical (unpaired) electrons. The summed E-state index contributed by atoms with van der Waals surface area (Å²) in [6.07, 6.45) is 0. The van der Waals surface area contributed by atoms with Gasteiger partial charge in [-0.05, 0) is 23.8 Å². The van der Waals surface area contributed by atoms with Crippen LogP contribution in [-0.2, 0) is 5.75 Å². The molecular weight excluding hydrogens is 248 g/mol. The zero-order valence-electron chi connectivity index (χ0n) is 10.3. The summed E-state index contributed by atoms with van der Waals surface area (Å²) in [7, 11) is 3.24. The molecule has 0 spiro atoms. The number of nitrogens with zero attached hydrogens (tertiary/aromatic N) is 2. The third-order valence-electron chi connectivity index (χ3n) is 2.37. The van der Waals surface area contributed by atoms with Gasteiger partial charge in [0, 0.05) is 11.8 Å². The minimum atomic E-state index is 0.531. The Bertz CT molecular complexity index is 438. The SMILES string of the molecule is COc1ccc(CSc2ccc(OC)nn2)cc1. The number of hydrogen-bond acceptors (Lipinski definition) is 5. The van der Waals surface area contributed by atoms with Crippen LogP contribution in [0.4, 0.5) is 0 Å². The Kier molecular flexibility index (Phi) is 4.41. The highest BCUT2D eigenvalue weighted by Crippen LogP contribution is 2.22. The summed E-state index contributed by atoms with van der Waals surface area (Å²) < 4.78 is 10.1. The Labute approximate surface area is 110 Å². The van der Waals surface area contributed by atoms with E-state index in [1.165, 1.54) is 5.56 Å². The van der Waals surface area contributed by atoms with Crippen molar-refractivity contribution in [1.29, 1.82) is 0 Å². The molecule has 4 nitrogen and oxygen atoms in total. The lowest BCUT2D eigenvalue weighted by molar-refractivity contribution is 0.390. The molecular formula is C13H14N2O2S. The van der Waals surface area contributed by atoms with Crippen molar-refractivity contribution >= 4 is 11.8 Å². The van der Waals surface area contributed by atoms with E-state index in [0.717, 1.165) is 16.5 Å². The van der Waals surface area contributed by atoms with Crippen LogP contribution in [0.1, 0.15) is 5.56 Å². The molecule has 0 bridgehead atoms. The van der Waals surface area contributed by atoms with Gasteiger partial charge in [-0.25, -0.2) is 0 Å². The molecule has 2 rings (SSSR count). The lowest BCUT2D eigenvalue weighted by Gasteiger charge is -2.03. The molecule has 0 fully saturated rings. The molecule has 0 unspecified atom stereocenters. The number of aromatic nitrogens is 2. The quantitative estimate of drug-likeness (QED) is 0.775. The minimum Gasteiger partial charge on any atom is -0.497 e. The smallest absolute Gasteiger partial charge is 0.233 e. The van der Waals surface area contributed by atoms with Crippen LogP contribution in [0.2, 0.25) is 0 Å². The molecule has 0 aliphatic heterocycles. The van der Waals surface area contributed by atoms with Crippen LogP contribution in [0.3, 0.4) is 0 Å². The maximum Gasteiger partial charge on any atom is 0.233 e. The van der Waals surface area contributed by atoms with Crippen molar-refractivity contribution in [2.45, 2.75) is 10.8 Å². The number of benzene rings is 1. The zero-order valence-corrected chi connectivity index (χ0v) is 11.1. The Morgan fingerprint density at radius 2 is 1.72 bits per heavy atom. The molecule has 94 valence electrons. The van der Waals surface area contributed by atoms with Crippen LogP contribution in [0.25, 0.3) is 0 Å². The molecule has 18 heavy (non-hydrogen) atoms. The summed E-state index contributed by atoms with van der Waals surface area (Å²) in [6.45, 7) is 0. The van der Waals surface area contributed by atoms with E-state index in [0.29, 0.717) is 5.88 Å². The summed E-state index contributed by atoms with van der Waals surface area (Å²) in [6, 6.07) is 11.7. The molecule has 5 heteroatoms. The predicted octanol–water partition coefficient (Wildman–Crippen LogP) is 2.79. The fraction of sp³-hybridized carbons (Fsp3) is 0.231. The highest BCUT2D eigenvalue weighted by atomic mass is 32.2. The van der Waals surface area contributed by atoms with Crippen molar-refractivity contribution in [3.63, 3.8) is 0 Å². The largest absolute Gasteiger partial charge is 0.497 e. The van der Waals surface area contributed by atoms with Crippen molar-refractivity contribution in [2.24, 2.45) is 0 Å². The van der Waals surface area contributed by atoms with E-state index in [9.17, 15) is 0 Å². The third kappa shape index (κ3) is 3.37. The van der Waals surface area contributed by atoms with E-state index in [2.05, 4.69) is 10.2 Å². The topological polar surface area (TPSA) is 44.2 Å². The van der Waals surface area contributed by atoms with Gasteiger partial charge in [0.2, 0.25) is 5.88 Å². The lowest BCUT2D eigenvalue weighted by atomic mass is 10.2. The first-order chi connectivity index (χ1) is 8.81. The Morgan fingerprint density at radius 3 is 2.28 bits per heavy atom. The van der Waals surface area contributed by atoms with Crippen LogP contribution in [0, 0.1) is 0 Å². The van der Waals surface area contributed by atoms with Crippen LogP contribution in [0.5, 0.6) is 11.6 Å². The number of hydrogen-bond donors (Lipinski definition) is 0. The first-order valence-electron chi connectivity index (χ1n) is 5.45. The fourth-order valence-corrected chi connectivity index (χ4v) is 2.14. The van der Waals surface area contributed by atoms with Gasteiger partial charge in [0.15, 0.2) is 0 Å². The van der Waals surface area contributed by atoms with Crippen LogP contribution < -0.4 is 9.47 Å². The van der Waals surface area contributed by atoms with Gasteiger partial charge in [-0.15, -0.1) is 10.2 Å². The summed E-state index contributed by atoms with van der Waals surface area (Å²) in [5, 5.41) is 8.87. The Balaban J connectivity index is 1.93. The van der Waals surface area contributed by atoms with E-state index < -0.39 is 0 Å². The van der Waals surface area contributed by atoms with Crippen molar-refractivity contribution in [1.82, 2.24) is 10.2 Å². The summed E-state index contributed by atoms with van der Waals surface area (Å²) in [5.41, 5.74) is 1.22. The second kappa shape index (κ2) is 6.26. The van der Waals surface area contributed by atoms with Gasteiger partial charge in [-0.3, -0.25) is 0 Å². The van der Waals surface area contributed by atoms with Gasteiger partial charge >= 0.3 is 0 Å². The molecule has 0 N–H and O–H groups in total. The molecule has 0 saturated carbocycles. The Morgan fingerprint density at radius 1 is 0.944 bits per heavy atom. The molecule has 0 amide bonds. The number of ether oxygens (including phenoxy) is 2.